The van der Waals surface area contributed by atoms with Crippen molar-refractivity contribution in [2.75, 3.05) is 53.2 Å². The van der Waals surface area contributed by atoms with Gasteiger partial charge in [-0.2, -0.15) is 0 Å². The maximum atomic E-state index is 14.4. The molecule has 1 fully saturated rings. The zero-order valence-electron chi connectivity index (χ0n) is 25.1. The summed E-state index contributed by atoms with van der Waals surface area (Å²) in [5.41, 5.74) is 2.70. The minimum absolute atomic E-state index is 0.00347. The average molecular weight is 595 g/mol. The molecule has 4 rings (SSSR count). The van der Waals surface area contributed by atoms with Crippen LogP contribution in [0, 0.1) is 5.82 Å². The molecular weight excluding hydrogens is 551 g/mol. The topological polar surface area (TPSA) is 87.3 Å². The van der Waals surface area contributed by atoms with Gasteiger partial charge in [0.15, 0.2) is 0 Å². The first-order chi connectivity index (χ1) is 21.0. The number of carbonyl (C=O) groups excluding carboxylic acids is 1. The SMILES string of the molecule is COc1ccccc1COCCCOc1ccc([C@H]2CCNC[C@@H]2OCCOc2cccc(F)c2CCNC(C)=O)cc1. The summed E-state index contributed by atoms with van der Waals surface area (Å²) in [7, 11) is 1.66. The number of carbonyl (C=O) groups is 1. The smallest absolute Gasteiger partial charge is 0.216 e. The van der Waals surface area contributed by atoms with Crippen LogP contribution in [-0.2, 0) is 27.3 Å². The Bertz CT molecular complexity index is 1270. The lowest BCUT2D eigenvalue weighted by atomic mass is 9.88. The summed E-state index contributed by atoms with van der Waals surface area (Å²) >= 11 is 0. The molecular formula is C34H43FN2O6. The number of amides is 1. The van der Waals surface area contributed by atoms with Gasteiger partial charge in [-0.1, -0.05) is 36.4 Å². The quantitative estimate of drug-likeness (QED) is 0.212. The molecule has 8 nitrogen and oxygen atoms in total. The van der Waals surface area contributed by atoms with Crippen molar-refractivity contribution in [3.8, 4) is 17.2 Å². The number of hydrogen-bond acceptors (Lipinski definition) is 7. The van der Waals surface area contributed by atoms with Crippen LogP contribution in [-0.4, -0.2) is 65.2 Å². The Kier molecular flexibility index (Phi) is 13.1. The van der Waals surface area contributed by atoms with Crippen molar-refractivity contribution >= 4 is 5.91 Å². The molecule has 0 aliphatic carbocycles. The molecule has 3 aromatic carbocycles. The first kappa shape index (κ1) is 32.3. The highest BCUT2D eigenvalue weighted by Gasteiger charge is 2.27. The molecule has 1 aliphatic heterocycles. The standard InChI is InChI=1S/C34H43FN2O6/c1-25(38)37-18-16-30-31(35)8-5-10-33(30)42-21-22-43-34-23-36-17-15-29(34)26-11-13-28(14-12-26)41-20-6-19-40-24-27-7-3-4-9-32(27)39-2/h3-5,7-14,29,34,36H,6,15-24H2,1-2H3,(H,37,38)/t29-,34+/m1/s1. The fourth-order valence-corrected chi connectivity index (χ4v) is 5.18. The van der Waals surface area contributed by atoms with Gasteiger partial charge in [0.05, 0.1) is 39.6 Å². The predicted octanol–water partition coefficient (Wildman–Crippen LogP) is 5.04. The minimum atomic E-state index is -0.342. The molecule has 0 unspecified atom stereocenters. The summed E-state index contributed by atoms with van der Waals surface area (Å²) in [5.74, 6) is 1.91. The monoisotopic (exact) mass is 594 g/mol. The van der Waals surface area contributed by atoms with E-state index in [0.29, 0.717) is 57.3 Å². The molecule has 0 spiro atoms. The van der Waals surface area contributed by atoms with E-state index in [0.717, 1.165) is 43.0 Å². The van der Waals surface area contributed by atoms with Gasteiger partial charge in [-0.3, -0.25) is 4.79 Å². The summed E-state index contributed by atoms with van der Waals surface area (Å²) in [6.07, 6.45) is 2.10. The zero-order valence-corrected chi connectivity index (χ0v) is 25.1. The lowest BCUT2D eigenvalue weighted by molar-refractivity contribution is -0.118. The summed E-state index contributed by atoms with van der Waals surface area (Å²) in [6.45, 7) is 5.83. The molecule has 0 bridgehead atoms. The Labute approximate surface area is 253 Å². The summed E-state index contributed by atoms with van der Waals surface area (Å²) in [6, 6.07) is 20.9. The van der Waals surface area contributed by atoms with Gasteiger partial charge < -0.3 is 34.3 Å². The van der Waals surface area contributed by atoms with Crippen LogP contribution in [0.5, 0.6) is 17.2 Å². The molecule has 1 amide bonds. The van der Waals surface area contributed by atoms with E-state index in [1.165, 1.54) is 18.6 Å². The van der Waals surface area contributed by atoms with Crippen molar-refractivity contribution < 1.29 is 32.9 Å². The van der Waals surface area contributed by atoms with E-state index in [1.54, 1.807) is 19.2 Å². The van der Waals surface area contributed by atoms with Crippen LogP contribution in [0.4, 0.5) is 4.39 Å². The average Bonchev–Trinajstić information content (AvgIpc) is 3.02. The molecule has 2 N–H and O–H groups in total. The molecule has 2 atom stereocenters. The Morgan fingerprint density at radius 3 is 2.58 bits per heavy atom. The third kappa shape index (κ3) is 10.2. The lowest BCUT2D eigenvalue weighted by Crippen LogP contribution is -2.41. The molecule has 232 valence electrons. The molecule has 1 aliphatic rings. The number of ether oxygens (including phenoxy) is 5. The van der Waals surface area contributed by atoms with Crippen LogP contribution in [0.3, 0.4) is 0 Å². The highest BCUT2D eigenvalue weighted by Crippen LogP contribution is 2.29. The molecule has 0 aromatic heterocycles. The van der Waals surface area contributed by atoms with Gasteiger partial charge in [0, 0.05) is 43.5 Å². The summed E-state index contributed by atoms with van der Waals surface area (Å²) in [4.78, 5) is 11.2. The van der Waals surface area contributed by atoms with E-state index in [4.69, 9.17) is 23.7 Å². The van der Waals surface area contributed by atoms with E-state index in [2.05, 4.69) is 22.8 Å². The van der Waals surface area contributed by atoms with Crippen molar-refractivity contribution in [3.05, 3.63) is 89.2 Å². The van der Waals surface area contributed by atoms with Crippen LogP contribution < -0.4 is 24.8 Å². The number of piperidine rings is 1. The molecule has 0 radical (unpaired) electrons. The van der Waals surface area contributed by atoms with Crippen LogP contribution >= 0.6 is 0 Å². The number of hydrogen-bond donors (Lipinski definition) is 2. The Morgan fingerprint density at radius 1 is 0.953 bits per heavy atom. The minimum Gasteiger partial charge on any atom is -0.496 e. The van der Waals surface area contributed by atoms with Gasteiger partial charge in [0.1, 0.15) is 29.7 Å². The Morgan fingerprint density at radius 2 is 1.77 bits per heavy atom. The van der Waals surface area contributed by atoms with E-state index in [9.17, 15) is 9.18 Å². The van der Waals surface area contributed by atoms with Crippen molar-refractivity contribution in [1.29, 1.82) is 0 Å². The Balaban J connectivity index is 1.18. The van der Waals surface area contributed by atoms with Crippen molar-refractivity contribution in [1.82, 2.24) is 10.6 Å². The van der Waals surface area contributed by atoms with Gasteiger partial charge in [-0.25, -0.2) is 4.39 Å². The molecule has 1 heterocycles. The van der Waals surface area contributed by atoms with E-state index in [1.807, 2.05) is 36.4 Å². The zero-order chi connectivity index (χ0) is 30.3. The number of rotatable bonds is 17. The third-order valence-corrected chi connectivity index (χ3v) is 7.38. The highest BCUT2D eigenvalue weighted by molar-refractivity contribution is 5.72. The van der Waals surface area contributed by atoms with E-state index < -0.39 is 0 Å². The number of para-hydroxylation sites is 1. The van der Waals surface area contributed by atoms with Crippen molar-refractivity contribution in [3.63, 3.8) is 0 Å². The van der Waals surface area contributed by atoms with Gasteiger partial charge >= 0.3 is 0 Å². The maximum absolute atomic E-state index is 14.4. The van der Waals surface area contributed by atoms with Gasteiger partial charge in [-0.15, -0.1) is 0 Å². The van der Waals surface area contributed by atoms with Crippen molar-refractivity contribution in [2.24, 2.45) is 0 Å². The molecule has 0 saturated carbocycles. The Hall–Kier alpha value is -3.66. The van der Waals surface area contributed by atoms with Crippen LogP contribution in [0.15, 0.2) is 66.7 Å². The number of nitrogens with one attached hydrogen (secondary N) is 2. The summed E-state index contributed by atoms with van der Waals surface area (Å²) < 4.78 is 43.6. The summed E-state index contributed by atoms with van der Waals surface area (Å²) in [5, 5.41) is 6.12. The normalized spacial score (nSPS) is 16.4. The highest BCUT2D eigenvalue weighted by atomic mass is 19.1. The first-order valence-corrected chi connectivity index (χ1v) is 14.9. The molecule has 43 heavy (non-hydrogen) atoms. The maximum Gasteiger partial charge on any atom is 0.216 e. The van der Waals surface area contributed by atoms with E-state index in [-0.39, 0.29) is 23.7 Å². The van der Waals surface area contributed by atoms with Gasteiger partial charge in [-0.05, 0) is 55.3 Å². The molecule has 3 aromatic rings. The van der Waals surface area contributed by atoms with Gasteiger partial charge in [0.25, 0.3) is 0 Å². The van der Waals surface area contributed by atoms with E-state index >= 15 is 0 Å². The second kappa shape index (κ2) is 17.5. The van der Waals surface area contributed by atoms with Crippen LogP contribution in [0.25, 0.3) is 0 Å². The number of methoxy groups -OCH3 is 1. The predicted molar refractivity (Wildman–Crippen MR) is 163 cm³/mol. The molecule has 1 saturated heterocycles. The fraction of sp³-hybridized carbons (Fsp3) is 0.441. The van der Waals surface area contributed by atoms with Crippen LogP contribution in [0.1, 0.15) is 42.4 Å². The third-order valence-electron chi connectivity index (χ3n) is 7.38. The lowest BCUT2D eigenvalue weighted by Gasteiger charge is -2.32. The van der Waals surface area contributed by atoms with Crippen LogP contribution in [0.2, 0.25) is 0 Å². The first-order valence-electron chi connectivity index (χ1n) is 14.9. The van der Waals surface area contributed by atoms with Crippen molar-refractivity contribution in [2.45, 2.75) is 44.8 Å². The largest absolute Gasteiger partial charge is 0.496 e. The second-order valence-electron chi connectivity index (χ2n) is 10.4. The fourth-order valence-electron chi connectivity index (χ4n) is 5.18. The number of benzene rings is 3. The second-order valence-corrected chi connectivity index (χ2v) is 10.4. The van der Waals surface area contributed by atoms with Gasteiger partial charge in [0.2, 0.25) is 5.91 Å². The molecule has 9 heteroatoms. The number of halogens is 1.